The van der Waals surface area contributed by atoms with Gasteiger partial charge in [0.25, 0.3) is 5.56 Å². The number of hydrogen-bond acceptors (Lipinski definition) is 7. The van der Waals surface area contributed by atoms with E-state index in [1.54, 1.807) is 7.11 Å². The molecule has 3 rings (SSSR count). The molecule has 2 aromatic heterocycles. The molecule has 7 nitrogen and oxygen atoms in total. The second kappa shape index (κ2) is 8.59. The molecule has 3 aromatic rings. The second-order valence-corrected chi connectivity index (χ2v) is 6.56. The zero-order chi connectivity index (χ0) is 19.2. The topological polar surface area (TPSA) is 83.3 Å². The minimum atomic E-state index is -0.591. The van der Waals surface area contributed by atoms with Crippen molar-refractivity contribution in [1.82, 2.24) is 14.8 Å². The zero-order valence-electron chi connectivity index (χ0n) is 15.0. The summed E-state index contributed by atoms with van der Waals surface area (Å²) in [4.78, 5) is 28.4. The van der Waals surface area contributed by atoms with Gasteiger partial charge in [0.15, 0.2) is 5.69 Å². The summed E-state index contributed by atoms with van der Waals surface area (Å²) in [7, 11) is 1.61. The summed E-state index contributed by atoms with van der Waals surface area (Å²) in [6.07, 6.45) is 0.746. The molecule has 0 saturated heterocycles. The summed E-state index contributed by atoms with van der Waals surface area (Å²) in [6, 6.07) is 10.3. The molecule has 27 heavy (non-hydrogen) atoms. The number of ether oxygens (including phenoxy) is 2. The molecule has 0 saturated carbocycles. The molecule has 0 amide bonds. The van der Waals surface area contributed by atoms with Crippen LogP contribution in [-0.2, 0) is 17.9 Å². The van der Waals surface area contributed by atoms with Crippen LogP contribution in [0.3, 0.4) is 0 Å². The number of para-hydroxylation sites is 1. The number of hydrogen-bond donors (Lipinski definition) is 0. The SMILES string of the molecule is CCCn1nc(C(=O)OCc2csc(-c3ccccc3OC)n2)ccc1=O. The molecule has 0 N–H and O–H groups in total. The van der Waals surface area contributed by atoms with Crippen LogP contribution in [0.25, 0.3) is 10.6 Å². The van der Waals surface area contributed by atoms with Gasteiger partial charge >= 0.3 is 5.97 Å². The fraction of sp³-hybridized carbons (Fsp3) is 0.263. The van der Waals surface area contributed by atoms with Gasteiger partial charge < -0.3 is 9.47 Å². The van der Waals surface area contributed by atoms with E-state index in [4.69, 9.17) is 9.47 Å². The van der Waals surface area contributed by atoms with Gasteiger partial charge in [-0.05, 0) is 24.6 Å². The van der Waals surface area contributed by atoms with E-state index in [2.05, 4.69) is 10.1 Å². The van der Waals surface area contributed by atoms with E-state index in [9.17, 15) is 9.59 Å². The molecule has 1 aromatic carbocycles. The molecule has 0 spiro atoms. The van der Waals surface area contributed by atoms with Crippen LogP contribution in [0.4, 0.5) is 0 Å². The van der Waals surface area contributed by atoms with Crippen LogP contribution >= 0.6 is 11.3 Å². The van der Waals surface area contributed by atoms with Crippen LogP contribution in [0.1, 0.15) is 29.5 Å². The summed E-state index contributed by atoms with van der Waals surface area (Å²) < 4.78 is 11.9. The molecule has 0 atom stereocenters. The zero-order valence-corrected chi connectivity index (χ0v) is 15.9. The van der Waals surface area contributed by atoms with Crippen molar-refractivity contribution in [2.45, 2.75) is 26.5 Å². The van der Waals surface area contributed by atoms with Gasteiger partial charge in [0.05, 0.1) is 18.4 Å². The molecule has 0 bridgehead atoms. The summed E-state index contributed by atoms with van der Waals surface area (Å²) in [5.74, 6) is 0.143. The van der Waals surface area contributed by atoms with Gasteiger partial charge in [0.2, 0.25) is 0 Å². The largest absolute Gasteiger partial charge is 0.496 e. The van der Waals surface area contributed by atoms with Crippen LogP contribution in [0.15, 0.2) is 46.6 Å². The standard InChI is InChI=1S/C19H19N3O4S/c1-3-10-22-17(23)9-8-15(21-22)19(24)26-11-13-12-27-18(20-13)14-6-4-5-7-16(14)25-2/h4-9,12H,3,10-11H2,1-2H3. The van der Waals surface area contributed by atoms with Crippen LogP contribution in [0.5, 0.6) is 5.75 Å². The number of benzene rings is 1. The molecule has 0 fully saturated rings. The minimum absolute atomic E-state index is 0.0269. The van der Waals surface area contributed by atoms with Crippen LogP contribution < -0.4 is 10.3 Å². The number of methoxy groups -OCH3 is 1. The molecule has 0 unspecified atom stereocenters. The van der Waals surface area contributed by atoms with Gasteiger partial charge in [-0.1, -0.05) is 19.1 Å². The Hall–Kier alpha value is -3.00. The quantitative estimate of drug-likeness (QED) is 0.581. The summed E-state index contributed by atoms with van der Waals surface area (Å²) in [6.45, 7) is 2.41. The predicted molar refractivity (Wildman–Crippen MR) is 102 cm³/mol. The van der Waals surface area contributed by atoms with Crippen molar-refractivity contribution >= 4 is 17.3 Å². The van der Waals surface area contributed by atoms with Crippen LogP contribution in [-0.4, -0.2) is 27.8 Å². The monoisotopic (exact) mass is 385 g/mol. The number of nitrogens with zero attached hydrogens (tertiary/aromatic N) is 3. The average Bonchev–Trinajstić information content (AvgIpc) is 3.16. The number of carbonyl (C=O) groups excluding carboxylic acids is 1. The Labute approximate surface area is 160 Å². The highest BCUT2D eigenvalue weighted by Crippen LogP contribution is 2.31. The van der Waals surface area contributed by atoms with E-state index in [1.807, 2.05) is 36.6 Å². The van der Waals surface area contributed by atoms with Gasteiger partial charge in [-0.15, -0.1) is 11.3 Å². The summed E-state index contributed by atoms with van der Waals surface area (Å²) >= 11 is 1.45. The number of aromatic nitrogens is 3. The third-order valence-electron chi connectivity index (χ3n) is 3.75. The Bertz CT molecular complexity index is 996. The molecule has 0 radical (unpaired) electrons. The second-order valence-electron chi connectivity index (χ2n) is 5.70. The number of rotatable bonds is 7. The van der Waals surface area contributed by atoms with E-state index in [0.717, 1.165) is 22.7 Å². The number of thiazole rings is 1. The normalized spacial score (nSPS) is 10.6. The van der Waals surface area contributed by atoms with Crippen molar-refractivity contribution < 1.29 is 14.3 Å². The van der Waals surface area contributed by atoms with Crippen molar-refractivity contribution in [2.75, 3.05) is 7.11 Å². The molecular weight excluding hydrogens is 366 g/mol. The average molecular weight is 385 g/mol. The fourth-order valence-electron chi connectivity index (χ4n) is 2.46. The molecule has 0 aliphatic carbocycles. The van der Waals surface area contributed by atoms with Crippen LogP contribution in [0, 0.1) is 0 Å². The first kappa shape index (κ1) is 18.8. The molecule has 2 heterocycles. The number of esters is 1. The lowest BCUT2D eigenvalue weighted by molar-refractivity contribution is 0.0458. The first-order valence-electron chi connectivity index (χ1n) is 8.45. The predicted octanol–water partition coefficient (Wildman–Crippen LogP) is 3.14. The summed E-state index contributed by atoms with van der Waals surface area (Å²) in [5.41, 5.74) is 1.38. The maximum atomic E-state index is 12.2. The highest BCUT2D eigenvalue weighted by Gasteiger charge is 2.14. The van der Waals surface area contributed by atoms with E-state index in [0.29, 0.717) is 12.2 Å². The molecule has 0 aliphatic heterocycles. The lowest BCUT2D eigenvalue weighted by atomic mass is 10.2. The van der Waals surface area contributed by atoms with Crippen molar-refractivity contribution in [3.63, 3.8) is 0 Å². The fourth-order valence-corrected chi connectivity index (χ4v) is 3.30. The molecule has 0 aliphatic rings. The molecule has 140 valence electrons. The third kappa shape index (κ3) is 4.40. The lowest BCUT2D eigenvalue weighted by Gasteiger charge is -2.06. The van der Waals surface area contributed by atoms with Gasteiger partial charge in [0.1, 0.15) is 17.4 Å². The van der Waals surface area contributed by atoms with Gasteiger partial charge in [-0.25, -0.2) is 14.5 Å². The minimum Gasteiger partial charge on any atom is -0.496 e. The number of aryl methyl sites for hydroxylation is 1. The van der Waals surface area contributed by atoms with Gasteiger partial charge in [-0.2, -0.15) is 5.10 Å². The third-order valence-corrected chi connectivity index (χ3v) is 4.68. The first-order chi connectivity index (χ1) is 13.1. The summed E-state index contributed by atoms with van der Waals surface area (Å²) in [5, 5.41) is 6.66. The maximum absolute atomic E-state index is 12.2. The first-order valence-corrected chi connectivity index (χ1v) is 9.33. The lowest BCUT2D eigenvalue weighted by Crippen LogP contribution is -2.24. The maximum Gasteiger partial charge on any atom is 0.359 e. The van der Waals surface area contributed by atoms with Crippen molar-refractivity contribution in [3.05, 3.63) is 63.5 Å². The smallest absolute Gasteiger partial charge is 0.359 e. The Morgan fingerprint density at radius 2 is 2.04 bits per heavy atom. The van der Waals surface area contributed by atoms with E-state index in [1.165, 1.54) is 28.2 Å². The van der Waals surface area contributed by atoms with Crippen LogP contribution in [0.2, 0.25) is 0 Å². The Morgan fingerprint density at radius 1 is 1.22 bits per heavy atom. The Kier molecular flexibility index (Phi) is 5.97. The van der Waals surface area contributed by atoms with E-state index in [-0.39, 0.29) is 17.9 Å². The van der Waals surface area contributed by atoms with Gasteiger partial charge in [-0.3, -0.25) is 4.79 Å². The van der Waals surface area contributed by atoms with Crippen molar-refractivity contribution in [1.29, 1.82) is 0 Å². The van der Waals surface area contributed by atoms with Crippen molar-refractivity contribution in [3.8, 4) is 16.3 Å². The highest BCUT2D eigenvalue weighted by atomic mass is 32.1. The molecule has 8 heteroatoms. The van der Waals surface area contributed by atoms with Crippen molar-refractivity contribution in [2.24, 2.45) is 0 Å². The Balaban J connectivity index is 1.69. The number of carbonyl (C=O) groups is 1. The van der Waals surface area contributed by atoms with E-state index >= 15 is 0 Å². The Morgan fingerprint density at radius 3 is 2.81 bits per heavy atom. The highest BCUT2D eigenvalue weighted by molar-refractivity contribution is 7.13. The molecular formula is C19H19N3O4S. The van der Waals surface area contributed by atoms with E-state index < -0.39 is 5.97 Å². The van der Waals surface area contributed by atoms with Gasteiger partial charge in [0, 0.05) is 18.0 Å².